The predicted molar refractivity (Wildman–Crippen MR) is 63.1 cm³/mol. The van der Waals surface area contributed by atoms with Crippen molar-refractivity contribution in [3.63, 3.8) is 0 Å². The van der Waals surface area contributed by atoms with Gasteiger partial charge in [-0.1, -0.05) is 6.07 Å². The van der Waals surface area contributed by atoms with Gasteiger partial charge < -0.3 is 11.1 Å². The minimum absolute atomic E-state index is 0.187. The Balaban J connectivity index is 2.85. The van der Waals surface area contributed by atoms with E-state index in [2.05, 4.69) is 5.32 Å². The summed E-state index contributed by atoms with van der Waals surface area (Å²) in [5.41, 5.74) is 5.25. The molecule has 0 fully saturated rings. The van der Waals surface area contributed by atoms with Crippen LogP contribution < -0.4 is 11.1 Å². The van der Waals surface area contributed by atoms with Crippen molar-refractivity contribution in [1.29, 1.82) is 0 Å². The van der Waals surface area contributed by atoms with Crippen molar-refractivity contribution >= 4 is 11.6 Å². The SMILES string of the molecule is Cc1ccc(C(F)(F)F)cc1NC(=O)CCCN. The van der Waals surface area contributed by atoms with Crippen LogP contribution in [0.1, 0.15) is 24.0 Å². The van der Waals surface area contributed by atoms with Crippen molar-refractivity contribution in [2.75, 3.05) is 11.9 Å². The topological polar surface area (TPSA) is 55.1 Å². The van der Waals surface area contributed by atoms with Gasteiger partial charge >= 0.3 is 6.18 Å². The van der Waals surface area contributed by atoms with E-state index in [1.807, 2.05) is 0 Å². The zero-order valence-electron chi connectivity index (χ0n) is 9.97. The van der Waals surface area contributed by atoms with Crippen LogP contribution in [0, 0.1) is 6.92 Å². The fourth-order valence-corrected chi connectivity index (χ4v) is 1.41. The number of rotatable bonds is 4. The zero-order chi connectivity index (χ0) is 13.8. The van der Waals surface area contributed by atoms with Crippen molar-refractivity contribution in [3.05, 3.63) is 29.3 Å². The summed E-state index contributed by atoms with van der Waals surface area (Å²) in [7, 11) is 0. The van der Waals surface area contributed by atoms with Crippen molar-refractivity contribution in [2.24, 2.45) is 5.73 Å². The van der Waals surface area contributed by atoms with Crippen LogP contribution in [0.25, 0.3) is 0 Å². The molecule has 0 spiro atoms. The van der Waals surface area contributed by atoms with Crippen LogP contribution in [0.4, 0.5) is 18.9 Å². The molecule has 0 saturated carbocycles. The number of amides is 1. The summed E-state index contributed by atoms with van der Waals surface area (Å²) in [6.07, 6.45) is -3.71. The first-order valence-corrected chi connectivity index (χ1v) is 5.52. The van der Waals surface area contributed by atoms with E-state index in [1.54, 1.807) is 6.92 Å². The highest BCUT2D eigenvalue weighted by molar-refractivity contribution is 5.91. The summed E-state index contributed by atoms with van der Waals surface area (Å²) >= 11 is 0. The number of nitrogens with two attached hydrogens (primary N) is 1. The van der Waals surface area contributed by atoms with Gasteiger partial charge in [-0.05, 0) is 37.6 Å². The third-order valence-corrected chi connectivity index (χ3v) is 2.45. The van der Waals surface area contributed by atoms with Crippen LogP contribution in [0.15, 0.2) is 18.2 Å². The highest BCUT2D eigenvalue weighted by Crippen LogP contribution is 2.32. The minimum atomic E-state index is -4.41. The summed E-state index contributed by atoms with van der Waals surface area (Å²) in [6, 6.07) is 3.27. The third-order valence-electron chi connectivity index (χ3n) is 2.45. The van der Waals surface area contributed by atoms with E-state index in [0.29, 0.717) is 18.5 Å². The number of halogens is 3. The maximum Gasteiger partial charge on any atom is 0.416 e. The molecule has 0 atom stereocenters. The molecule has 0 aliphatic rings. The number of aryl methyl sites for hydroxylation is 1. The van der Waals surface area contributed by atoms with Gasteiger partial charge in [-0.3, -0.25) is 4.79 Å². The lowest BCUT2D eigenvalue weighted by Crippen LogP contribution is -2.15. The van der Waals surface area contributed by atoms with Crippen LogP contribution in [0.3, 0.4) is 0 Å². The molecule has 0 bridgehead atoms. The molecule has 0 saturated heterocycles. The van der Waals surface area contributed by atoms with Gasteiger partial charge in [-0.25, -0.2) is 0 Å². The molecule has 1 rings (SSSR count). The third kappa shape index (κ3) is 4.03. The van der Waals surface area contributed by atoms with E-state index in [1.165, 1.54) is 6.07 Å². The Hall–Kier alpha value is -1.56. The Morgan fingerprint density at radius 2 is 2.06 bits per heavy atom. The van der Waals surface area contributed by atoms with Gasteiger partial charge in [-0.2, -0.15) is 13.2 Å². The van der Waals surface area contributed by atoms with Gasteiger partial charge in [-0.15, -0.1) is 0 Å². The average Bonchev–Trinajstić information content (AvgIpc) is 2.28. The summed E-state index contributed by atoms with van der Waals surface area (Å²) in [5.74, 6) is -0.331. The van der Waals surface area contributed by atoms with E-state index in [0.717, 1.165) is 12.1 Å². The van der Waals surface area contributed by atoms with Gasteiger partial charge in [0, 0.05) is 12.1 Å². The lowest BCUT2D eigenvalue weighted by molar-refractivity contribution is -0.137. The summed E-state index contributed by atoms with van der Waals surface area (Å²) < 4.78 is 37.5. The molecule has 0 aliphatic carbocycles. The average molecular weight is 260 g/mol. The molecule has 6 heteroatoms. The first-order valence-electron chi connectivity index (χ1n) is 5.52. The lowest BCUT2D eigenvalue weighted by Gasteiger charge is -2.12. The number of hydrogen-bond acceptors (Lipinski definition) is 2. The summed E-state index contributed by atoms with van der Waals surface area (Å²) in [4.78, 5) is 11.4. The molecule has 0 unspecified atom stereocenters. The second-order valence-corrected chi connectivity index (χ2v) is 3.97. The number of carbonyl (C=O) groups is 1. The number of alkyl halides is 3. The van der Waals surface area contributed by atoms with Gasteiger partial charge in [0.25, 0.3) is 0 Å². The Morgan fingerprint density at radius 3 is 2.61 bits per heavy atom. The molecular weight excluding hydrogens is 245 g/mol. The highest BCUT2D eigenvalue weighted by Gasteiger charge is 2.30. The molecule has 0 aliphatic heterocycles. The molecule has 18 heavy (non-hydrogen) atoms. The second kappa shape index (κ2) is 5.86. The monoisotopic (exact) mass is 260 g/mol. The number of benzene rings is 1. The molecule has 1 aromatic rings. The number of nitrogens with one attached hydrogen (secondary N) is 1. The van der Waals surface area contributed by atoms with E-state index < -0.39 is 11.7 Å². The standard InChI is InChI=1S/C12H15F3N2O/c1-8-4-5-9(12(13,14)15)7-10(8)17-11(18)3-2-6-16/h4-5,7H,2-3,6,16H2,1H3,(H,17,18). The Labute approximate surface area is 103 Å². The van der Waals surface area contributed by atoms with Crippen LogP contribution in [0.5, 0.6) is 0 Å². The van der Waals surface area contributed by atoms with Crippen molar-refractivity contribution in [2.45, 2.75) is 25.9 Å². The first-order chi connectivity index (χ1) is 8.34. The zero-order valence-corrected chi connectivity index (χ0v) is 9.97. The minimum Gasteiger partial charge on any atom is -0.330 e. The Bertz CT molecular complexity index is 430. The van der Waals surface area contributed by atoms with Crippen LogP contribution >= 0.6 is 0 Å². The van der Waals surface area contributed by atoms with E-state index in [4.69, 9.17) is 5.73 Å². The Morgan fingerprint density at radius 1 is 1.39 bits per heavy atom. The fourth-order valence-electron chi connectivity index (χ4n) is 1.41. The predicted octanol–water partition coefficient (Wildman–Crippen LogP) is 2.69. The number of hydrogen-bond donors (Lipinski definition) is 2. The molecule has 0 heterocycles. The molecule has 0 aromatic heterocycles. The molecule has 1 amide bonds. The molecule has 3 N–H and O–H groups in total. The molecule has 100 valence electrons. The number of anilines is 1. The largest absolute Gasteiger partial charge is 0.416 e. The first kappa shape index (κ1) is 14.5. The molecular formula is C12H15F3N2O. The Kier molecular flexibility index (Phi) is 4.72. The van der Waals surface area contributed by atoms with Gasteiger partial charge in [0.1, 0.15) is 0 Å². The molecule has 0 radical (unpaired) electrons. The lowest BCUT2D eigenvalue weighted by atomic mass is 10.1. The van der Waals surface area contributed by atoms with Crippen molar-refractivity contribution < 1.29 is 18.0 Å². The fraction of sp³-hybridized carbons (Fsp3) is 0.417. The van der Waals surface area contributed by atoms with Crippen LogP contribution in [-0.4, -0.2) is 12.5 Å². The van der Waals surface area contributed by atoms with Crippen molar-refractivity contribution in [3.8, 4) is 0 Å². The maximum atomic E-state index is 12.5. The van der Waals surface area contributed by atoms with Crippen LogP contribution in [0.2, 0.25) is 0 Å². The normalized spacial score (nSPS) is 11.4. The molecule has 3 nitrogen and oxygen atoms in total. The maximum absolute atomic E-state index is 12.5. The second-order valence-electron chi connectivity index (χ2n) is 3.97. The van der Waals surface area contributed by atoms with E-state index in [-0.39, 0.29) is 18.0 Å². The van der Waals surface area contributed by atoms with Gasteiger partial charge in [0.15, 0.2) is 0 Å². The quantitative estimate of drug-likeness (QED) is 0.874. The summed E-state index contributed by atoms with van der Waals surface area (Å²) in [5, 5.41) is 2.46. The number of carbonyl (C=O) groups excluding carboxylic acids is 1. The van der Waals surface area contributed by atoms with E-state index >= 15 is 0 Å². The van der Waals surface area contributed by atoms with Crippen molar-refractivity contribution in [1.82, 2.24) is 0 Å². The van der Waals surface area contributed by atoms with Gasteiger partial charge in [0.2, 0.25) is 5.91 Å². The smallest absolute Gasteiger partial charge is 0.330 e. The summed E-state index contributed by atoms with van der Waals surface area (Å²) in [6.45, 7) is 2.01. The highest BCUT2D eigenvalue weighted by atomic mass is 19.4. The van der Waals surface area contributed by atoms with E-state index in [9.17, 15) is 18.0 Å². The van der Waals surface area contributed by atoms with Crippen LogP contribution in [-0.2, 0) is 11.0 Å². The van der Waals surface area contributed by atoms with Gasteiger partial charge in [0.05, 0.1) is 5.56 Å². The molecule has 1 aromatic carbocycles.